The Morgan fingerprint density at radius 1 is 1.56 bits per heavy atom. The molecule has 0 aromatic heterocycles. The Kier molecular flexibility index (Phi) is 3.81. The summed E-state index contributed by atoms with van der Waals surface area (Å²) in [5.74, 6) is -0.319. The number of hydrogen-bond donors (Lipinski definition) is 1. The summed E-state index contributed by atoms with van der Waals surface area (Å²) in [6.07, 6.45) is -0.232. The van der Waals surface area contributed by atoms with Crippen LogP contribution in [0.1, 0.15) is 24.5 Å². The average Bonchev–Trinajstić information content (AvgIpc) is 3.19. The molecule has 1 aliphatic heterocycles. The highest BCUT2D eigenvalue weighted by Crippen LogP contribution is 2.25. The molecule has 1 atom stereocenters. The summed E-state index contributed by atoms with van der Waals surface area (Å²) in [5, 5.41) is 9.88. The van der Waals surface area contributed by atoms with Gasteiger partial charge in [0.25, 0.3) is 0 Å². The zero-order chi connectivity index (χ0) is 13.1. The molecular formula is C13H16FNO3. The number of hydrogen-bond acceptors (Lipinski definition) is 3. The molecule has 1 unspecified atom stereocenters. The number of carbonyl (C=O) groups excluding carboxylic acids is 1. The molecule has 1 fully saturated rings. The summed E-state index contributed by atoms with van der Waals surface area (Å²) in [5.41, 5.74) is 0.465. The third kappa shape index (κ3) is 2.98. The van der Waals surface area contributed by atoms with E-state index in [9.17, 15) is 14.3 Å². The summed E-state index contributed by atoms with van der Waals surface area (Å²) in [7, 11) is 1.39. The molecule has 1 aromatic carbocycles. The molecule has 1 aromatic rings. The van der Waals surface area contributed by atoms with Crippen LogP contribution in [-0.4, -0.2) is 36.1 Å². The van der Waals surface area contributed by atoms with Gasteiger partial charge in [0.1, 0.15) is 0 Å². The molecule has 98 valence electrons. The third-order valence-corrected chi connectivity index (χ3v) is 2.99. The van der Waals surface area contributed by atoms with Gasteiger partial charge in [-0.3, -0.25) is 4.79 Å². The number of carbonyl (C=O) groups is 1. The van der Waals surface area contributed by atoms with Crippen LogP contribution in [0.3, 0.4) is 0 Å². The van der Waals surface area contributed by atoms with Crippen molar-refractivity contribution in [2.75, 3.05) is 20.2 Å². The quantitative estimate of drug-likeness (QED) is 0.809. The van der Waals surface area contributed by atoms with Gasteiger partial charge in [-0.05, 0) is 24.1 Å². The van der Waals surface area contributed by atoms with Gasteiger partial charge >= 0.3 is 0 Å². The van der Waals surface area contributed by atoms with Gasteiger partial charge < -0.3 is 14.7 Å². The fraction of sp³-hybridized carbons (Fsp3) is 0.462. The minimum atomic E-state index is -0.825. The van der Waals surface area contributed by atoms with Crippen LogP contribution in [-0.2, 0) is 4.79 Å². The van der Waals surface area contributed by atoms with E-state index in [4.69, 9.17) is 4.74 Å². The Morgan fingerprint density at radius 3 is 2.83 bits per heavy atom. The van der Waals surface area contributed by atoms with Crippen molar-refractivity contribution < 1.29 is 19.0 Å². The van der Waals surface area contributed by atoms with Gasteiger partial charge in [0.2, 0.25) is 5.91 Å². The number of benzene rings is 1. The van der Waals surface area contributed by atoms with Gasteiger partial charge in [0.15, 0.2) is 11.6 Å². The molecular weight excluding hydrogens is 237 g/mol. The van der Waals surface area contributed by atoms with Gasteiger partial charge in [0.05, 0.1) is 13.2 Å². The Balaban J connectivity index is 1.93. The van der Waals surface area contributed by atoms with E-state index in [0.29, 0.717) is 12.0 Å². The van der Waals surface area contributed by atoms with Crippen molar-refractivity contribution in [1.82, 2.24) is 4.90 Å². The molecule has 0 bridgehead atoms. The second-order valence-electron chi connectivity index (χ2n) is 4.33. The number of aliphatic hydroxyl groups excluding tert-OH is 1. The molecule has 0 spiro atoms. The normalized spacial score (nSPS) is 15.4. The molecule has 1 amide bonds. The van der Waals surface area contributed by atoms with E-state index in [1.54, 1.807) is 11.0 Å². The first-order chi connectivity index (χ1) is 8.61. The standard InChI is InChI=1S/C13H16FNO3/c1-18-12-4-2-9(8-10(12)14)11(16)3-5-13(17)15-6-7-15/h2,4,8,11,16H,3,5-7H2,1H3. The highest BCUT2D eigenvalue weighted by Gasteiger charge is 2.24. The molecule has 1 heterocycles. The number of rotatable bonds is 5. The summed E-state index contributed by atoms with van der Waals surface area (Å²) in [6.45, 7) is 1.62. The monoisotopic (exact) mass is 253 g/mol. The Morgan fingerprint density at radius 2 is 2.28 bits per heavy atom. The summed E-state index contributed by atoms with van der Waals surface area (Å²) >= 11 is 0. The van der Waals surface area contributed by atoms with Crippen LogP contribution in [0.4, 0.5) is 4.39 Å². The molecule has 2 rings (SSSR count). The van der Waals surface area contributed by atoms with E-state index in [2.05, 4.69) is 0 Å². The third-order valence-electron chi connectivity index (χ3n) is 2.99. The van der Waals surface area contributed by atoms with Crippen LogP contribution in [0.15, 0.2) is 18.2 Å². The van der Waals surface area contributed by atoms with E-state index in [1.165, 1.54) is 19.2 Å². The predicted molar refractivity (Wildman–Crippen MR) is 63.7 cm³/mol. The maximum atomic E-state index is 13.4. The van der Waals surface area contributed by atoms with Crippen LogP contribution in [0.2, 0.25) is 0 Å². The molecule has 4 nitrogen and oxygen atoms in total. The van der Waals surface area contributed by atoms with Gasteiger partial charge in [-0.2, -0.15) is 0 Å². The minimum absolute atomic E-state index is 0.0445. The maximum Gasteiger partial charge on any atom is 0.222 e. The lowest BCUT2D eigenvalue weighted by atomic mass is 10.0. The van der Waals surface area contributed by atoms with Crippen LogP contribution >= 0.6 is 0 Å². The smallest absolute Gasteiger partial charge is 0.222 e. The van der Waals surface area contributed by atoms with Crippen molar-refractivity contribution in [3.63, 3.8) is 0 Å². The molecule has 0 saturated carbocycles. The van der Waals surface area contributed by atoms with E-state index < -0.39 is 11.9 Å². The first kappa shape index (κ1) is 12.8. The van der Waals surface area contributed by atoms with Gasteiger partial charge in [0, 0.05) is 19.5 Å². The van der Waals surface area contributed by atoms with Crippen molar-refractivity contribution >= 4 is 5.91 Å². The van der Waals surface area contributed by atoms with E-state index >= 15 is 0 Å². The Bertz CT molecular complexity index is 446. The molecule has 0 radical (unpaired) electrons. The zero-order valence-electron chi connectivity index (χ0n) is 10.2. The van der Waals surface area contributed by atoms with Crippen molar-refractivity contribution in [1.29, 1.82) is 0 Å². The van der Waals surface area contributed by atoms with E-state index in [1.807, 2.05) is 0 Å². The summed E-state index contributed by atoms with van der Waals surface area (Å²) in [6, 6.07) is 4.32. The number of amides is 1. The number of nitrogens with zero attached hydrogens (tertiary/aromatic N) is 1. The molecule has 5 heteroatoms. The number of halogens is 1. The predicted octanol–water partition coefficient (Wildman–Crippen LogP) is 1.49. The maximum absolute atomic E-state index is 13.4. The number of ether oxygens (including phenoxy) is 1. The lowest BCUT2D eigenvalue weighted by molar-refractivity contribution is -0.126. The van der Waals surface area contributed by atoms with Gasteiger partial charge in [-0.1, -0.05) is 6.07 Å². The zero-order valence-corrected chi connectivity index (χ0v) is 10.2. The van der Waals surface area contributed by atoms with Crippen LogP contribution < -0.4 is 4.74 Å². The molecule has 1 saturated heterocycles. The van der Waals surface area contributed by atoms with Crippen molar-refractivity contribution in [3.05, 3.63) is 29.6 Å². The first-order valence-corrected chi connectivity index (χ1v) is 5.91. The highest BCUT2D eigenvalue weighted by atomic mass is 19.1. The molecule has 0 aliphatic carbocycles. The SMILES string of the molecule is COc1ccc(C(O)CCC(=O)N2CC2)cc1F. The fourth-order valence-corrected chi connectivity index (χ4v) is 1.77. The molecule has 1 aliphatic rings. The van der Waals surface area contributed by atoms with Crippen molar-refractivity contribution in [2.45, 2.75) is 18.9 Å². The van der Waals surface area contributed by atoms with Crippen molar-refractivity contribution in [2.24, 2.45) is 0 Å². The van der Waals surface area contributed by atoms with E-state index in [-0.39, 0.29) is 18.1 Å². The van der Waals surface area contributed by atoms with E-state index in [0.717, 1.165) is 13.1 Å². The lowest BCUT2D eigenvalue weighted by Crippen LogP contribution is -2.11. The molecule has 1 N–H and O–H groups in total. The molecule has 18 heavy (non-hydrogen) atoms. The second-order valence-corrected chi connectivity index (χ2v) is 4.33. The fourth-order valence-electron chi connectivity index (χ4n) is 1.77. The number of aliphatic hydroxyl groups is 1. The summed E-state index contributed by atoms with van der Waals surface area (Å²) in [4.78, 5) is 13.1. The van der Waals surface area contributed by atoms with Gasteiger partial charge in [-0.25, -0.2) is 4.39 Å². The largest absolute Gasteiger partial charge is 0.494 e. The van der Waals surface area contributed by atoms with Gasteiger partial charge in [-0.15, -0.1) is 0 Å². The first-order valence-electron chi connectivity index (χ1n) is 5.91. The number of methoxy groups -OCH3 is 1. The van der Waals surface area contributed by atoms with Crippen molar-refractivity contribution in [3.8, 4) is 5.75 Å². The highest BCUT2D eigenvalue weighted by molar-refractivity contribution is 5.78. The topological polar surface area (TPSA) is 49.5 Å². The lowest BCUT2D eigenvalue weighted by Gasteiger charge is -2.12. The van der Waals surface area contributed by atoms with Crippen LogP contribution in [0.25, 0.3) is 0 Å². The van der Waals surface area contributed by atoms with Crippen LogP contribution in [0, 0.1) is 5.82 Å². The summed E-state index contributed by atoms with van der Waals surface area (Å²) < 4.78 is 18.2. The van der Waals surface area contributed by atoms with Crippen LogP contribution in [0.5, 0.6) is 5.75 Å². The Hall–Kier alpha value is -1.62. The average molecular weight is 253 g/mol. The minimum Gasteiger partial charge on any atom is -0.494 e. The second kappa shape index (κ2) is 5.35. The Labute approximate surface area is 105 Å².